The van der Waals surface area contributed by atoms with E-state index in [1.165, 1.54) is 33.6 Å². The minimum Gasteiger partial charge on any atom is -0.492 e. The highest BCUT2D eigenvalue weighted by Crippen LogP contribution is 2.31. The molecule has 0 unspecified atom stereocenters. The van der Waals surface area contributed by atoms with E-state index in [1.54, 1.807) is 39.0 Å². The highest BCUT2D eigenvalue weighted by Gasteiger charge is 2.38. The quantitative estimate of drug-likeness (QED) is 0.111. The fourth-order valence-electron chi connectivity index (χ4n) is 6.04. The average Bonchev–Trinajstić information content (AvgIpc) is 3.09. The molecule has 4 N–H and O–H groups in total. The second-order valence-corrected chi connectivity index (χ2v) is 13.2. The van der Waals surface area contributed by atoms with Crippen LogP contribution in [0.1, 0.15) is 80.1 Å². The predicted molar refractivity (Wildman–Crippen MR) is 195 cm³/mol. The van der Waals surface area contributed by atoms with E-state index in [0.29, 0.717) is 25.1 Å². The van der Waals surface area contributed by atoms with Crippen LogP contribution in [0.4, 0.5) is 4.79 Å². The van der Waals surface area contributed by atoms with Crippen molar-refractivity contribution in [3.05, 3.63) is 58.1 Å². The molecule has 2 amide bonds. The largest absolute Gasteiger partial charge is 0.492 e. The molecule has 6 atom stereocenters. The van der Waals surface area contributed by atoms with Gasteiger partial charge in [0, 0.05) is 44.4 Å². The Morgan fingerprint density at radius 2 is 1.71 bits per heavy atom. The summed E-state index contributed by atoms with van der Waals surface area (Å²) in [6, 6.07) is 0. The van der Waals surface area contributed by atoms with Crippen LogP contribution in [-0.4, -0.2) is 98.7 Å². The maximum Gasteiger partial charge on any atom is 0.405 e. The van der Waals surface area contributed by atoms with Crippen LogP contribution in [0.25, 0.3) is 0 Å². The van der Waals surface area contributed by atoms with Crippen molar-refractivity contribution in [2.24, 2.45) is 22.7 Å². The molecular formula is C38H58N4O9. The summed E-state index contributed by atoms with van der Waals surface area (Å²) >= 11 is 0. The zero-order chi connectivity index (χ0) is 38.2. The van der Waals surface area contributed by atoms with Crippen LogP contribution in [0, 0.1) is 11.8 Å². The van der Waals surface area contributed by atoms with E-state index in [2.05, 4.69) is 24.3 Å². The Bertz CT molecular complexity index is 1420. The van der Waals surface area contributed by atoms with E-state index in [-0.39, 0.29) is 40.5 Å². The summed E-state index contributed by atoms with van der Waals surface area (Å²) in [6.45, 7) is 12.5. The lowest BCUT2D eigenvalue weighted by molar-refractivity contribution is -0.121. The molecule has 13 nitrogen and oxygen atoms in total. The third-order valence-corrected chi connectivity index (χ3v) is 9.03. The van der Waals surface area contributed by atoms with Gasteiger partial charge in [0.25, 0.3) is 5.91 Å². The number of hydrazone groups is 1. The number of carbonyl (C=O) groups excluding carboxylic acids is 4. The maximum atomic E-state index is 14.3. The van der Waals surface area contributed by atoms with Crippen LogP contribution >= 0.6 is 0 Å². The molecule has 0 fully saturated rings. The lowest BCUT2D eigenvalue weighted by atomic mass is 9.84. The first-order valence-corrected chi connectivity index (χ1v) is 17.7. The van der Waals surface area contributed by atoms with Crippen molar-refractivity contribution in [2.45, 2.75) is 104 Å². The summed E-state index contributed by atoms with van der Waals surface area (Å²) in [7, 11) is 4.26. The number of primary amides is 1. The number of nitrogens with two attached hydrogens (primary N) is 1. The molecule has 0 saturated heterocycles. The van der Waals surface area contributed by atoms with Crippen molar-refractivity contribution >= 4 is 29.8 Å². The number of aliphatic hydroxyl groups excluding tert-OH is 1. The first kappa shape index (κ1) is 43.1. The Morgan fingerprint density at radius 3 is 2.25 bits per heavy atom. The number of nitrogens with one attached hydrogen (secondary N) is 1. The van der Waals surface area contributed by atoms with Gasteiger partial charge in [0.2, 0.25) is 11.6 Å². The fraction of sp³-hybridized carbons (Fsp3) is 0.605. The molecule has 0 aromatic carbocycles. The van der Waals surface area contributed by atoms with E-state index in [4.69, 9.17) is 24.7 Å². The number of ketones is 2. The van der Waals surface area contributed by atoms with Crippen molar-refractivity contribution in [2.75, 3.05) is 34.4 Å². The molecule has 1 heterocycles. The van der Waals surface area contributed by atoms with Gasteiger partial charge in [0.15, 0.2) is 11.9 Å². The van der Waals surface area contributed by atoms with Gasteiger partial charge in [-0.25, -0.2) is 4.79 Å². The molecule has 0 aromatic rings. The molecular weight excluding hydrogens is 656 g/mol. The second kappa shape index (κ2) is 21.3. The van der Waals surface area contributed by atoms with E-state index < -0.39 is 53.9 Å². The van der Waals surface area contributed by atoms with E-state index in [1.807, 2.05) is 11.9 Å². The first-order chi connectivity index (χ1) is 24.2. The number of hydrogen-bond donors (Lipinski definition) is 3. The number of nitrogens with zero attached hydrogens (tertiary/aromatic N) is 2. The number of aliphatic hydroxyl groups is 1. The molecule has 1 aliphatic carbocycles. The zero-order valence-corrected chi connectivity index (χ0v) is 31.7. The summed E-state index contributed by atoms with van der Waals surface area (Å²) < 4.78 is 22.3. The van der Waals surface area contributed by atoms with Crippen molar-refractivity contribution in [1.82, 2.24) is 10.3 Å². The monoisotopic (exact) mass is 714 g/mol. The van der Waals surface area contributed by atoms with Gasteiger partial charge in [-0.2, -0.15) is 5.10 Å². The first-order valence-electron chi connectivity index (χ1n) is 17.7. The van der Waals surface area contributed by atoms with Crippen molar-refractivity contribution in [3.63, 3.8) is 0 Å². The van der Waals surface area contributed by atoms with Gasteiger partial charge < -0.3 is 35.1 Å². The van der Waals surface area contributed by atoms with Crippen LogP contribution in [0.15, 0.2) is 63.2 Å². The van der Waals surface area contributed by atoms with E-state index in [0.717, 1.165) is 25.7 Å². The molecule has 0 spiro atoms. The Morgan fingerprint density at radius 1 is 1.06 bits per heavy atom. The van der Waals surface area contributed by atoms with Crippen LogP contribution in [0.3, 0.4) is 0 Å². The van der Waals surface area contributed by atoms with Crippen molar-refractivity contribution in [1.29, 1.82) is 0 Å². The average molecular weight is 715 g/mol. The van der Waals surface area contributed by atoms with Gasteiger partial charge in [-0.3, -0.25) is 19.4 Å². The number of carbonyl (C=O) groups is 4. The lowest BCUT2D eigenvalue weighted by Gasteiger charge is -2.30. The molecule has 2 aliphatic rings. The van der Waals surface area contributed by atoms with Gasteiger partial charge in [-0.1, -0.05) is 64.8 Å². The molecule has 2 bridgehead atoms. The number of Topliss-reactive ketones (excluding diaryl/α,β-unsaturated/α-hetero) is 2. The van der Waals surface area contributed by atoms with Crippen LogP contribution in [0.2, 0.25) is 0 Å². The Labute approximate surface area is 302 Å². The number of methoxy groups -OCH3 is 3. The summed E-state index contributed by atoms with van der Waals surface area (Å²) in [6.07, 6.45) is 7.45. The zero-order valence-electron chi connectivity index (χ0n) is 31.7. The summed E-state index contributed by atoms with van der Waals surface area (Å²) in [4.78, 5) is 53.7. The minimum absolute atomic E-state index is 0.0831. The number of hydrogen-bond acceptors (Lipinski definition) is 11. The van der Waals surface area contributed by atoms with Crippen molar-refractivity contribution < 1.29 is 43.2 Å². The molecule has 13 heteroatoms. The summed E-state index contributed by atoms with van der Waals surface area (Å²) in [5, 5.41) is 20.5. The molecule has 0 saturated carbocycles. The third-order valence-electron chi connectivity index (χ3n) is 9.03. The predicted octanol–water partition coefficient (Wildman–Crippen LogP) is 4.67. The van der Waals surface area contributed by atoms with Crippen LogP contribution in [-0.2, 0) is 33.3 Å². The van der Waals surface area contributed by atoms with Crippen molar-refractivity contribution in [3.8, 4) is 0 Å². The van der Waals surface area contributed by atoms with Gasteiger partial charge in [0.05, 0.1) is 31.1 Å². The number of unbranched alkanes of at least 4 members (excludes halogenated alkanes) is 2. The SMILES string of the molecule is CCCCN(CCCC)/N=C\C1=C2NC(=O)/C(C)=C\C=C/[C@@H](OC)[C@@H](OC(N)=O)/C(C)=C/[C@@H](C)[C@@H](O)[C@@H](OC)C[C@@H](C)CC(=C(OC)C1=O)C2=O. The molecule has 1 aliphatic heterocycles. The van der Waals surface area contributed by atoms with E-state index >= 15 is 0 Å². The number of rotatable bonds is 12. The van der Waals surface area contributed by atoms with Gasteiger partial charge >= 0.3 is 6.09 Å². The van der Waals surface area contributed by atoms with Gasteiger partial charge in [-0.15, -0.1) is 0 Å². The molecule has 2 rings (SSSR count). The Hall–Kier alpha value is -4.07. The number of amides is 2. The van der Waals surface area contributed by atoms with E-state index in [9.17, 15) is 24.3 Å². The molecule has 0 radical (unpaired) electrons. The Kier molecular flexibility index (Phi) is 18.0. The summed E-state index contributed by atoms with van der Waals surface area (Å²) in [5.41, 5.74) is 6.02. The lowest BCUT2D eigenvalue weighted by Crippen LogP contribution is -2.38. The van der Waals surface area contributed by atoms with Crippen LogP contribution < -0.4 is 11.1 Å². The smallest absolute Gasteiger partial charge is 0.405 e. The Balaban J connectivity index is 2.77. The number of fused-ring (bicyclic) bond motifs is 2. The highest BCUT2D eigenvalue weighted by molar-refractivity contribution is 6.32. The number of allylic oxidation sites excluding steroid dienone is 4. The topological polar surface area (TPSA) is 179 Å². The highest BCUT2D eigenvalue weighted by atomic mass is 16.6. The third kappa shape index (κ3) is 12.3. The van der Waals surface area contributed by atoms with Crippen LogP contribution in [0.5, 0.6) is 0 Å². The minimum atomic E-state index is -1.01. The molecule has 284 valence electrons. The standard InChI is InChI=1S/C38H58N4O9/c1-10-12-17-42(18-13-11-2)40-22-28-31-33(44)27(36(50-9)34(28)45)19-23(3)20-30(49-8)32(43)25(5)21-26(6)35(51-38(39)47)29(48-7)16-14-15-24(4)37(46)41-31/h14-16,21-23,25,29-30,32,35,43H,10-13,17-20H2,1-9H3,(H2,39,47)(H,41,46)/b16-14-,24-15-,26-21+,40-22-/t23-,25+,29+,30-,32+,35-/m0/s1. The number of ether oxygens (including phenoxy) is 4. The molecule has 0 aromatic heterocycles. The normalized spacial score (nSPS) is 28.5. The van der Waals surface area contributed by atoms with Gasteiger partial charge in [0.1, 0.15) is 11.8 Å². The maximum absolute atomic E-state index is 14.3. The summed E-state index contributed by atoms with van der Waals surface area (Å²) in [5.74, 6) is -2.61. The van der Waals surface area contributed by atoms with Gasteiger partial charge in [-0.05, 0) is 51.0 Å². The second-order valence-electron chi connectivity index (χ2n) is 13.2. The fourth-order valence-corrected chi connectivity index (χ4v) is 6.04. The molecule has 51 heavy (non-hydrogen) atoms.